The smallest absolute Gasteiger partial charge is 0.247 e. The van der Waals surface area contributed by atoms with Gasteiger partial charge in [-0.1, -0.05) is 0 Å². The van der Waals surface area contributed by atoms with Gasteiger partial charge in [-0.05, 0) is 22.0 Å². The van der Waals surface area contributed by atoms with Gasteiger partial charge >= 0.3 is 0 Å². The quantitative estimate of drug-likeness (QED) is 0.732. The molecule has 0 radical (unpaired) electrons. The second kappa shape index (κ2) is 5.45. The standard InChI is InChI=1S/C8H11BrN2O2S/c9-5-1-6(14-4-5)2-11-3-7(12)8(10)13/h1,4,7,11-12H,2-3H2,(H2,10,13). The minimum atomic E-state index is -1.11. The predicted octanol–water partition coefficient (Wildman–Crippen LogP) is 0.446. The molecule has 0 aliphatic heterocycles. The Morgan fingerprint density at radius 2 is 2.50 bits per heavy atom. The predicted molar refractivity (Wildman–Crippen MR) is 58.9 cm³/mol. The van der Waals surface area contributed by atoms with E-state index in [0.717, 1.165) is 9.35 Å². The number of hydrogen-bond donors (Lipinski definition) is 3. The fourth-order valence-electron chi connectivity index (χ4n) is 0.879. The summed E-state index contributed by atoms with van der Waals surface area (Å²) in [6, 6.07) is 1.98. The maximum Gasteiger partial charge on any atom is 0.247 e. The van der Waals surface area contributed by atoms with E-state index in [4.69, 9.17) is 10.8 Å². The van der Waals surface area contributed by atoms with Crippen molar-refractivity contribution in [3.63, 3.8) is 0 Å². The SMILES string of the molecule is NC(=O)C(O)CNCc1cc(Br)cs1. The molecule has 0 aliphatic rings. The van der Waals surface area contributed by atoms with Crippen LogP contribution in [0.4, 0.5) is 0 Å². The van der Waals surface area contributed by atoms with Crippen LogP contribution >= 0.6 is 27.3 Å². The zero-order valence-electron chi connectivity index (χ0n) is 7.37. The van der Waals surface area contributed by atoms with Crippen molar-refractivity contribution in [1.82, 2.24) is 5.32 Å². The second-order valence-corrected chi connectivity index (χ2v) is 4.69. The van der Waals surface area contributed by atoms with Gasteiger partial charge in [0.2, 0.25) is 5.91 Å². The van der Waals surface area contributed by atoms with Gasteiger partial charge in [0.1, 0.15) is 6.10 Å². The molecule has 0 saturated carbocycles. The summed E-state index contributed by atoms with van der Waals surface area (Å²) in [7, 11) is 0. The molecule has 1 heterocycles. The molecule has 1 atom stereocenters. The zero-order chi connectivity index (χ0) is 10.6. The lowest BCUT2D eigenvalue weighted by atomic mass is 10.3. The van der Waals surface area contributed by atoms with Crippen LogP contribution < -0.4 is 11.1 Å². The number of primary amides is 1. The average molecular weight is 279 g/mol. The molecule has 0 aromatic carbocycles. The maximum absolute atomic E-state index is 10.5. The highest BCUT2D eigenvalue weighted by Gasteiger charge is 2.09. The Morgan fingerprint density at radius 1 is 1.79 bits per heavy atom. The van der Waals surface area contributed by atoms with E-state index in [1.165, 1.54) is 0 Å². The lowest BCUT2D eigenvalue weighted by molar-refractivity contribution is -0.125. The Balaban J connectivity index is 2.25. The van der Waals surface area contributed by atoms with Crippen LogP contribution in [0.3, 0.4) is 0 Å². The van der Waals surface area contributed by atoms with E-state index >= 15 is 0 Å². The van der Waals surface area contributed by atoms with Crippen molar-refractivity contribution < 1.29 is 9.90 Å². The van der Waals surface area contributed by atoms with Crippen LogP contribution in [-0.4, -0.2) is 23.7 Å². The van der Waals surface area contributed by atoms with E-state index in [-0.39, 0.29) is 6.54 Å². The fourth-order valence-corrected chi connectivity index (χ4v) is 2.30. The minimum Gasteiger partial charge on any atom is -0.382 e. The van der Waals surface area contributed by atoms with Gasteiger partial charge in [0.05, 0.1) is 0 Å². The molecule has 1 aromatic heterocycles. The Labute approximate surface area is 94.2 Å². The third kappa shape index (κ3) is 3.75. The number of halogens is 1. The number of amides is 1. The third-order valence-corrected chi connectivity index (χ3v) is 3.28. The largest absolute Gasteiger partial charge is 0.382 e. The molecule has 0 bridgehead atoms. The van der Waals surface area contributed by atoms with Gasteiger partial charge in [-0.15, -0.1) is 11.3 Å². The first kappa shape index (κ1) is 11.6. The molecular weight excluding hydrogens is 268 g/mol. The first-order valence-corrected chi connectivity index (χ1v) is 5.68. The molecule has 1 aromatic rings. The number of nitrogens with one attached hydrogen (secondary N) is 1. The van der Waals surface area contributed by atoms with Gasteiger partial charge in [-0.25, -0.2) is 0 Å². The van der Waals surface area contributed by atoms with Crippen molar-refractivity contribution in [2.45, 2.75) is 12.6 Å². The van der Waals surface area contributed by atoms with Gasteiger partial charge < -0.3 is 16.2 Å². The van der Waals surface area contributed by atoms with Crippen LogP contribution in [-0.2, 0) is 11.3 Å². The summed E-state index contributed by atoms with van der Waals surface area (Å²) in [5.41, 5.74) is 4.89. The first-order chi connectivity index (χ1) is 6.59. The summed E-state index contributed by atoms with van der Waals surface area (Å²) in [6.45, 7) is 0.811. The number of thiophene rings is 1. The summed E-state index contributed by atoms with van der Waals surface area (Å²) in [6.07, 6.45) is -1.11. The van der Waals surface area contributed by atoms with E-state index in [9.17, 15) is 4.79 Å². The Hall–Kier alpha value is -0.430. The highest BCUT2D eigenvalue weighted by molar-refractivity contribution is 9.10. The van der Waals surface area contributed by atoms with Crippen LogP contribution in [0, 0.1) is 0 Å². The molecule has 0 saturated heterocycles. The number of rotatable bonds is 5. The van der Waals surface area contributed by atoms with Crippen LogP contribution in [0.1, 0.15) is 4.88 Å². The molecule has 4 nitrogen and oxygen atoms in total. The third-order valence-electron chi connectivity index (χ3n) is 1.59. The number of nitrogens with two attached hydrogens (primary N) is 1. The highest BCUT2D eigenvalue weighted by atomic mass is 79.9. The van der Waals surface area contributed by atoms with Crippen LogP contribution in [0.5, 0.6) is 0 Å². The molecule has 14 heavy (non-hydrogen) atoms. The molecule has 4 N–H and O–H groups in total. The number of carbonyl (C=O) groups is 1. The van der Waals surface area contributed by atoms with Crippen molar-refractivity contribution in [1.29, 1.82) is 0 Å². The van der Waals surface area contributed by atoms with Gasteiger partial charge in [-0.2, -0.15) is 0 Å². The molecule has 1 amide bonds. The number of hydrogen-bond acceptors (Lipinski definition) is 4. The van der Waals surface area contributed by atoms with E-state index in [1.54, 1.807) is 11.3 Å². The van der Waals surface area contributed by atoms with E-state index in [0.29, 0.717) is 6.54 Å². The van der Waals surface area contributed by atoms with E-state index in [1.807, 2.05) is 11.4 Å². The summed E-state index contributed by atoms with van der Waals surface area (Å²) in [4.78, 5) is 11.6. The van der Waals surface area contributed by atoms with E-state index in [2.05, 4.69) is 21.2 Å². The molecule has 0 fully saturated rings. The first-order valence-electron chi connectivity index (χ1n) is 4.00. The second-order valence-electron chi connectivity index (χ2n) is 2.78. The number of aliphatic hydroxyl groups is 1. The van der Waals surface area contributed by atoms with Crippen molar-refractivity contribution in [3.8, 4) is 0 Å². The van der Waals surface area contributed by atoms with Gasteiger partial charge in [-0.3, -0.25) is 4.79 Å². The molecule has 1 unspecified atom stereocenters. The fraction of sp³-hybridized carbons (Fsp3) is 0.375. The normalized spacial score (nSPS) is 12.7. The van der Waals surface area contributed by atoms with Crippen molar-refractivity contribution in [3.05, 3.63) is 20.8 Å². The Kier molecular flexibility index (Phi) is 4.53. The van der Waals surface area contributed by atoms with Crippen LogP contribution in [0.2, 0.25) is 0 Å². The van der Waals surface area contributed by atoms with Gasteiger partial charge in [0.15, 0.2) is 0 Å². The van der Waals surface area contributed by atoms with Crippen molar-refractivity contribution in [2.24, 2.45) is 5.73 Å². The summed E-state index contributed by atoms with van der Waals surface area (Å²) < 4.78 is 1.04. The minimum absolute atomic E-state index is 0.185. The Morgan fingerprint density at radius 3 is 3.00 bits per heavy atom. The van der Waals surface area contributed by atoms with Crippen LogP contribution in [0.25, 0.3) is 0 Å². The summed E-state index contributed by atoms with van der Waals surface area (Å²) >= 11 is 4.94. The monoisotopic (exact) mass is 278 g/mol. The average Bonchev–Trinajstić information content (AvgIpc) is 2.51. The number of carbonyl (C=O) groups excluding carboxylic acids is 1. The molecular formula is C8H11BrN2O2S. The zero-order valence-corrected chi connectivity index (χ0v) is 9.77. The maximum atomic E-state index is 10.5. The van der Waals surface area contributed by atoms with Crippen molar-refractivity contribution >= 4 is 33.2 Å². The molecule has 1 rings (SSSR count). The van der Waals surface area contributed by atoms with Crippen LogP contribution in [0.15, 0.2) is 15.9 Å². The molecule has 78 valence electrons. The molecule has 0 aliphatic carbocycles. The van der Waals surface area contributed by atoms with Gasteiger partial charge in [0.25, 0.3) is 0 Å². The summed E-state index contributed by atoms with van der Waals surface area (Å²) in [5.74, 6) is -0.704. The molecule has 6 heteroatoms. The summed E-state index contributed by atoms with van der Waals surface area (Å²) in [5, 5.41) is 14.0. The number of aliphatic hydroxyl groups excluding tert-OH is 1. The van der Waals surface area contributed by atoms with Crippen molar-refractivity contribution in [2.75, 3.05) is 6.54 Å². The van der Waals surface area contributed by atoms with Gasteiger partial charge in [0, 0.05) is 27.8 Å². The topological polar surface area (TPSA) is 75.4 Å². The highest BCUT2D eigenvalue weighted by Crippen LogP contribution is 2.19. The molecule has 0 spiro atoms. The lowest BCUT2D eigenvalue weighted by Crippen LogP contribution is -2.37. The Bertz CT molecular complexity index is 316. The lowest BCUT2D eigenvalue weighted by Gasteiger charge is -2.06. The van der Waals surface area contributed by atoms with E-state index < -0.39 is 12.0 Å².